The summed E-state index contributed by atoms with van der Waals surface area (Å²) in [6.45, 7) is 1.21. The van der Waals surface area contributed by atoms with Gasteiger partial charge in [-0.15, -0.1) is 0 Å². The lowest BCUT2D eigenvalue weighted by atomic mass is 10.3. The molecule has 0 bridgehead atoms. The van der Waals surface area contributed by atoms with Crippen LogP contribution in [-0.2, 0) is 7.05 Å². The summed E-state index contributed by atoms with van der Waals surface area (Å²) in [6, 6.07) is 16.9. The van der Waals surface area contributed by atoms with Gasteiger partial charge in [-0.25, -0.2) is 4.98 Å². The van der Waals surface area contributed by atoms with E-state index in [1.807, 2.05) is 61.1 Å². The average molecular weight is 495 g/mol. The molecule has 4 rings (SSSR count). The maximum atomic E-state index is 12.2. The average Bonchev–Trinajstić information content (AvgIpc) is 3.10. The van der Waals surface area contributed by atoms with E-state index in [-0.39, 0.29) is 5.91 Å². The van der Waals surface area contributed by atoms with Crippen LogP contribution in [0.5, 0.6) is 11.5 Å². The Labute approximate surface area is 194 Å². The Bertz CT molecular complexity index is 1240. The van der Waals surface area contributed by atoms with Gasteiger partial charge in [0.15, 0.2) is 0 Å². The predicted octanol–water partition coefficient (Wildman–Crippen LogP) is 4.22. The van der Waals surface area contributed by atoms with Gasteiger partial charge in [-0.3, -0.25) is 9.78 Å². The molecule has 2 aromatic heterocycles. The minimum Gasteiger partial charge on any atom is -0.457 e. The van der Waals surface area contributed by atoms with Gasteiger partial charge in [-0.05, 0) is 49.5 Å². The fourth-order valence-corrected chi connectivity index (χ4v) is 3.41. The molecule has 3 N–H and O–H groups in total. The number of imidazole rings is 1. The number of carbonyl (C=O) groups is 1. The minimum absolute atomic E-state index is 0.241. The third kappa shape index (κ3) is 5.06. The number of ether oxygens (including phenoxy) is 1. The molecule has 0 atom stereocenters. The van der Waals surface area contributed by atoms with Gasteiger partial charge in [-0.1, -0.05) is 15.9 Å². The number of hydrogen-bond acceptors (Lipinski definition) is 6. The molecule has 0 unspecified atom stereocenters. The van der Waals surface area contributed by atoms with Gasteiger partial charge >= 0.3 is 0 Å². The fraction of sp³-hybridized carbons (Fsp3) is 0.174. The zero-order valence-corrected chi connectivity index (χ0v) is 19.3. The number of aromatic nitrogens is 3. The molecule has 0 saturated carbocycles. The van der Waals surface area contributed by atoms with Crippen molar-refractivity contribution in [3.05, 3.63) is 71.0 Å². The van der Waals surface area contributed by atoms with Crippen molar-refractivity contribution in [2.24, 2.45) is 7.05 Å². The quantitative estimate of drug-likeness (QED) is 0.317. The summed E-state index contributed by atoms with van der Waals surface area (Å²) in [4.78, 5) is 21.1. The van der Waals surface area contributed by atoms with E-state index >= 15 is 0 Å². The van der Waals surface area contributed by atoms with Gasteiger partial charge < -0.3 is 25.3 Å². The van der Waals surface area contributed by atoms with Crippen molar-refractivity contribution in [1.82, 2.24) is 25.2 Å². The number of nitrogens with zero attached hydrogens (tertiary/aromatic N) is 3. The van der Waals surface area contributed by atoms with Crippen molar-refractivity contribution < 1.29 is 9.53 Å². The molecule has 2 aromatic carbocycles. The summed E-state index contributed by atoms with van der Waals surface area (Å²) in [5.74, 6) is 1.64. The lowest BCUT2D eigenvalue weighted by Crippen LogP contribution is -2.30. The van der Waals surface area contributed by atoms with Crippen molar-refractivity contribution in [3.8, 4) is 11.5 Å². The number of rotatable bonds is 8. The van der Waals surface area contributed by atoms with E-state index in [9.17, 15) is 4.79 Å². The number of likely N-dealkylation sites (N-methyl/N-ethyl adjacent to an activating group) is 1. The van der Waals surface area contributed by atoms with E-state index in [1.54, 1.807) is 18.3 Å². The third-order valence-corrected chi connectivity index (χ3v) is 5.34. The molecule has 0 aliphatic rings. The van der Waals surface area contributed by atoms with E-state index in [4.69, 9.17) is 9.72 Å². The Morgan fingerprint density at radius 2 is 1.84 bits per heavy atom. The highest BCUT2D eigenvalue weighted by atomic mass is 79.9. The summed E-state index contributed by atoms with van der Waals surface area (Å²) in [5, 5.41) is 9.12. The van der Waals surface area contributed by atoms with Gasteiger partial charge in [0.05, 0.1) is 11.0 Å². The first-order valence-electron chi connectivity index (χ1n) is 10.1. The molecule has 0 spiro atoms. The molecule has 0 aliphatic heterocycles. The van der Waals surface area contributed by atoms with Crippen LogP contribution in [0.1, 0.15) is 10.5 Å². The van der Waals surface area contributed by atoms with Crippen LogP contribution >= 0.6 is 15.9 Å². The largest absolute Gasteiger partial charge is 0.457 e. The Morgan fingerprint density at radius 1 is 1.06 bits per heavy atom. The molecule has 0 fully saturated rings. The number of carbonyl (C=O) groups excluding carboxylic acids is 1. The molecule has 9 heteroatoms. The number of pyridine rings is 1. The summed E-state index contributed by atoms with van der Waals surface area (Å²) in [6.07, 6.45) is 1.56. The van der Waals surface area contributed by atoms with E-state index in [0.29, 0.717) is 30.3 Å². The zero-order chi connectivity index (χ0) is 22.5. The Kier molecular flexibility index (Phi) is 6.67. The summed E-state index contributed by atoms with van der Waals surface area (Å²) in [5.41, 5.74) is 3.01. The van der Waals surface area contributed by atoms with Gasteiger partial charge in [0.1, 0.15) is 17.2 Å². The predicted molar refractivity (Wildman–Crippen MR) is 129 cm³/mol. The SMILES string of the molecule is CNCCNC(=O)c1cc(Oc2ccc3c(c2)nc(Nc2ccc(Br)cc2)n3C)ccn1. The molecule has 0 aliphatic carbocycles. The number of amides is 1. The third-order valence-electron chi connectivity index (χ3n) is 4.81. The van der Waals surface area contributed by atoms with E-state index in [0.717, 1.165) is 27.1 Å². The smallest absolute Gasteiger partial charge is 0.270 e. The summed E-state index contributed by atoms with van der Waals surface area (Å²) < 4.78 is 8.98. The number of halogens is 1. The number of benzene rings is 2. The molecular formula is C23H23BrN6O2. The number of nitrogens with one attached hydrogen (secondary N) is 3. The van der Waals surface area contributed by atoms with Crippen molar-refractivity contribution in [2.75, 3.05) is 25.5 Å². The topological polar surface area (TPSA) is 93.1 Å². The molecule has 1 amide bonds. The van der Waals surface area contributed by atoms with Crippen molar-refractivity contribution in [1.29, 1.82) is 0 Å². The van der Waals surface area contributed by atoms with Crippen molar-refractivity contribution in [3.63, 3.8) is 0 Å². The standard InChI is InChI=1S/C23H23BrN6O2/c1-25-11-12-27-22(31)20-14-18(9-10-26-20)32-17-7-8-21-19(13-17)29-23(30(21)2)28-16-5-3-15(24)4-6-16/h3-10,13-14,25H,11-12H2,1-2H3,(H,27,31)(H,28,29). The first kappa shape index (κ1) is 21.8. The molecule has 0 saturated heterocycles. The molecule has 8 nitrogen and oxygen atoms in total. The van der Waals surface area contributed by atoms with Crippen LogP contribution < -0.4 is 20.7 Å². The van der Waals surface area contributed by atoms with Crippen molar-refractivity contribution >= 4 is 44.5 Å². The highest BCUT2D eigenvalue weighted by Gasteiger charge is 2.11. The number of fused-ring (bicyclic) bond motifs is 1. The second-order valence-corrected chi connectivity index (χ2v) is 8.03. The Morgan fingerprint density at radius 3 is 2.62 bits per heavy atom. The number of hydrogen-bond donors (Lipinski definition) is 3. The van der Waals surface area contributed by atoms with Gasteiger partial charge in [0, 0.05) is 48.6 Å². The van der Waals surface area contributed by atoms with Crippen LogP contribution in [0.2, 0.25) is 0 Å². The number of aryl methyl sites for hydroxylation is 1. The first-order valence-corrected chi connectivity index (χ1v) is 10.9. The second-order valence-electron chi connectivity index (χ2n) is 7.12. The van der Waals surface area contributed by atoms with E-state index in [1.165, 1.54) is 0 Å². The monoisotopic (exact) mass is 494 g/mol. The minimum atomic E-state index is -0.241. The second kappa shape index (κ2) is 9.80. The highest BCUT2D eigenvalue weighted by molar-refractivity contribution is 9.10. The maximum absolute atomic E-state index is 12.2. The fourth-order valence-electron chi connectivity index (χ4n) is 3.14. The van der Waals surface area contributed by atoms with E-state index in [2.05, 4.69) is 36.9 Å². The van der Waals surface area contributed by atoms with Crippen LogP contribution in [0.3, 0.4) is 0 Å². The van der Waals surface area contributed by atoms with Crippen LogP contribution in [-0.4, -0.2) is 40.6 Å². The Hall–Kier alpha value is -3.43. The summed E-state index contributed by atoms with van der Waals surface area (Å²) in [7, 11) is 3.79. The van der Waals surface area contributed by atoms with Gasteiger partial charge in [-0.2, -0.15) is 0 Å². The lowest BCUT2D eigenvalue weighted by molar-refractivity contribution is 0.0949. The molecular weight excluding hydrogens is 472 g/mol. The molecule has 2 heterocycles. The van der Waals surface area contributed by atoms with Crippen LogP contribution in [0, 0.1) is 0 Å². The molecule has 0 radical (unpaired) electrons. The van der Waals surface area contributed by atoms with Crippen molar-refractivity contribution in [2.45, 2.75) is 0 Å². The normalized spacial score (nSPS) is 10.8. The van der Waals surface area contributed by atoms with Gasteiger partial charge in [0.2, 0.25) is 5.95 Å². The van der Waals surface area contributed by atoms with E-state index < -0.39 is 0 Å². The first-order chi connectivity index (χ1) is 15.5. The highest BCUT2D eigenvalue weighted by Crippen LogP contribution is 2.28. The number of anilines is 2. The summed E-state index contributed by atoms with van der Waals surface area (Å²) >= 11 is 3.44. The molecule has 164 valence electrons. The van der Waals surface area contributed by atoms with Crippen LogP contribution in [0.4, 0.5) is 11.6 Å². The van der Waals surface area contributed by atoms with Gasteiger partial charge in [0.25, 0.3) is 5.91 Å². The van der Waals surface area contributed by atoms with Crippen LogP contribution in [0.15, 0.2) is 65.3 Å². The maximum Gasteiger partial charge on any atom is 0.270 e. The molecule has 32 heavy (non-hydrogen) atoms. The van der Waals surface area contributed by atoms with Crippen LogP contribution in [0.25, 0.3) is 11.0 Å². The molecule has 4 aromatic rings. The Balaban J connectivity index is 1.51. The lowest BCUT2D eigenvalue weighted by Gasteiger charge is -2.08. The zero-order valence-electron chi connectivity index (χ0n) is 17.7.